The number of likely N-dealkylation sites (tertiary alicyclic amines) is 1. The molecule has 1 fully saturated rings. The van der Waals surface area contributed by atoms with Crippen molar-refractivity contribution in [2.24, 2.45) is 0 Å². The number of amides is 1. The predicted octanol–water partition coefficient (Wildman–Crippen LogP) is 2.32. The minimum absolute atomic E-state index is 0.0253. The SMILES string of the molecule is COc1ncccc1C(=O)N1C[C@@H](O)C[C@H]1c1cc(F)ccc1F. The van der Waals surface area contributed by atoms with Crippen LogP contribution in [0.1, 0.15) is 28.4 Å². The van der Waals surface area contributed by atoms with E-state index in [-0.39, 0.29) is 30.0 Å². The van der Waals surface area contributed by atoms with E-state index in [4.69, 9.17) is 4.74 Å². The Morgan fingerprint density at radius 3 is 2.92 bits per heavy atom. The molecule has 126 valence electrons. The first-order valence-electron chi connectivity index (χ1n) is 7.44. The van der Waals surface area contributed by atoms with Gasteiger partial charge >= 0.3 is 0 Å². The molecule has 0 unspecified atom stereocenters. The number of methoxy groups -OCH3 is 1. The van der Waals surface area contributed by atoms with Crippen LogP contribution in [0.4, 0.5) is 8.78 Å². The van der Waals surface area contributed by atoms with Crippen molar-refractivity contribution in [3.8, 4) is 5.88 Å². The van der Waals surface area contributed by atoms with E-state index >= 15 is 0 Å². The number of hydrogen-bond donors (Lipinski definition) is 1. The molecule has 1 aromatic heterocycles. The number of carbonyl (C=O) groups is 1. The van der Waals surface area contributed by atoms with Crippen molar-refractivity contribution < 1.29 is 23.4 Å². The number of carbonyl (C=O) groups excluding carboxylic acids is 1. The number of nitrogens with zero attached hydrogens (tertiary/aromatic N) is 2. The van der Waals surface area contributed by atoms with Crippen molar-refractivity contribution in [3.63, 3.8) is 0 Å². The Morgan fingerprint density at radius 1 is 1.38 bits per heavy atom. The summed E-state index contributed by atoms with van der Waals surface area (Å²) in [6.07, 6.45) is 0.802. The molecule has 2 heterocycles. The number of benzene rings is 1. The number of ether oxygens (including phenoxy) is 1. The highest BCUT2D eigenvalue weighted by atomic mass is 19.1. The number of hydrogen-bond acceptors (Lipinski definition) is 4. The highest BCUT2D eigenvalue weighted by molar-refractivity contribution is 5.96. The van der Waals surface area contributed by atoms with E-state index in [2.05, 4.69) is 4.98 Å². The van der Waals surface area contributed by atoms with Gasteiger partial charge in [-0.05, 0) is 36.8 Å². The molecule has 3 rings (SSSR count). The van der Waals surface area contributed by atoms with Crippen LogP contribution in [0.2, 0.25) is 0 Å². The maximum atomic E-state index is 14.1. The van der Waals surface area contributed by atoms with Crippen molar-refractivity contribution >= 4 is 5.91 Å². The van der Waals surface area contributed by atoms with Gasteiger partial charge in [-0.2, -0.15) is 0 Å². The fraction of sp³-hybridized carbons (Fsp3) is 0.294. The van der Waals surface area contributed by atoms with Crippen LogP contribution >= 0.6 is 0 Å². The van der Waals surface area contributed by atoms with Gasteiger partial charge in [-0.25, -0.2) is 13.8 Å². The third kappa shape index (κ3) is 2.94. The second-order valence-electron chi connectivity index (χ2n) is 5.59. The molecule has 1 amide bonds. The fourth-order valence-corrected chi connectivity index (χ4v) is 2.97. The number of halogens is 2. The van der Waals surface area contributed by atoms with Crippen LogP contribution in [-0.4, -0.2) is 40.7 Å². The van der Waals surface area contributed by atoms with Crippen LogP contribution < -0.4 is 4.74 Å². The summed E-state index contributed by atoms with van der Waals surface area (Å²) in [5.41, 5.74) is 0.249. The summed E-state index contributed by atoms with van der Waals surface area (Å²) >= 11 is 0. The first-order chi connectivity index (χ1) is 11.5. The first-order valence-corrected chi connectivity index (χ1v) is 7.44. The molecule has 0 spiro atoms. The molecular weight excluding hydrogens is 318 g/mol. The summed E-state index contributed by atoms with van der Waals surface area (Å²) < 4.78 is 32.7. The molecule has 0 bridgehead atoms. The normalized spacial score (nSPS) is 20.2. The number of β-amino-alcohol motifs (C(OH)–C–C–N with tert-alkyl or cyclic N) is 1. The molecule has 2 atom stereocenters. The Morgan fingerprint density at radius 2 is 2.17 bits per heavy atom. The van der Waals surface area contributed by atoms with Crippen LogP contribution in [0, 0.1) is 11.6 Å². The van der Waals surface area contributed by atoms with E-state index in [9.17, 15) is 18.7 Å². The number of rotatable bonds is 3. The summed E-state index contributed by atoms with van der Waals surface area (Å²) in [5.74, 6) is -1.53. The largest absolute Gasteiger partial charge is 0.480 e. The van der Waals surface area contributed by atoms with Crippen molar-refractivity contribution in [2.45, 2.75) is 18.6 Å². The Bertz CT molecular complexity index is 769. The molecule has 0 saturated carbocycles. The number of aliphatic hydroxyl groups excluding tert-OH is 1. The van der Waals surface area contributed by atoms with Crippen LogP contribution in [-0.2, 0) is 0 Å². The molecule has 5 nitrogen and oxygen atoms in total. The minimum Gasteiger partial charge on any atom is -0.480 e. The van der Waals surface area contributed by atoms with Gasteiger partial charge in [0.15, 0.2) is 0 Å². The summed E-state index contributed by atoms with van der Waals surface area (Å²) in [6.45, 7) is 0.0253. The molecule has 0 aliphatic carbocycles. The van der Waals surface area contributed by atoms with Crippen LogP contribution in [0.3, 0.4) is 0 Å². The molecular formula is C17H16F2N2O3. The first kappa shape index (κ1) is 16.3. The third-order valence-electron chi connectivity index (χ3n) is 4.05. The minimum atomic E-state index is -0.815. The lowest BCUT2D eigenvalue weighted by Gasteiger charge is -2.25. The summed E-state index contributed by atoms with van der Waals surface area (Å²) in [4.78, 5) is 18.1. The second kappa shape index (κ2) is 6.52. The van der Waals surface area contributed by atoms with E-state index < -0.39 is 29.7 Å². The van der Waals surface area contributed by atoms with Gasteiger partial charge in [0.2, 0.25) is 5.88 Å². The average molecular weight is 334 g/mol. The fourth-order valence-electron chi connectivity index (χ4n) is 2.97. The van der Waals surface area contributed by atoms with Gasteiger partial charge in [0.1, 0.15) is 17.2 Å². The zero-order valence-electron chi connectivity index (χ0n) is 12.9. The lowest BCUT2D eigenvalue weighted by atomic mass is 10.0. The predicted molar refractivity (Wildman–Crippen MR) is 81.5 cm³/mol. The molecule has 1 N–H and O–H groups in total. The molecule has 24 heavy (non-hydrogen) atoms. The Balaban J connectivity index is 1.99. The van der Waals surface area contributed by atoms with Crippen LogP contribution in [0.15, 0.2) is 36.5 Å². The van der Waals surface area contributed by atoms with E-state index in [1.807, 2.05) is 0 Å². The van der Waals surface area contributed by atoms with E-state index in [0.29, 0.717) is 0 Å². The molecule has 1 saturated heterocycles. The van der Waals surface area contributed by atoms with Crippen molar-refractivity contribution in [1.29, 1.82) is 0 Å². The van der Waals surface area contributed by atoms with Crippen LogP contribution in [0.5, 0.6) is 5.88 Å². The smallest absolute Gasteiger partial charge is 0.259 e. The summed E-state index contributed by atoms with van der Waals surface area (Å²) in [5, 5.41) is 9.96. The summed E-state index contributed by atoms with van der Waals surface area (Å²) in [7, 11) is 1.39. The zero-order valence-corrected chi connectivity index (χ0v) is 12.9. The lowest BCUT2D eigenvalue weighted by molar-refractivity contribution is 0.0709. The lowest BCUT2D eigenvalue weighted by Crippen LogP contribution is -2.32. The highest BCUT2D eigenvalue weighted by Gasteiger charge is 2.38. The third-order valence-corrected chi connectivity index (χ3v) is 4.05. The van der Waals surface area contributed by atoms with Crippen molar-refractivity contribution in [2.75, 3.05) is 13.7 Å². The zero-order chi connectivity index (χ0) is 17.3. The van der Waals surface area contributed by atoms with E-state index in [1.165, 1.54) is 24.3 Å². The molecule has 1 aromatic carbocycles. The van der Waals surface area contributed by atoms with E-state index in [1.54, 1.807) is 6.07 Å². The molecule has 2 aromatic rings. The number of pyridine rings is 1. The quantitative estimate of drug-likeness (QED) is 0.936. The topological polar surface area (TPSA) is 62.7 Å². The molecule has 0 radical (unpaired) electrons. The van der Waals surface area contributed by atoms with Gasteiger partial charge < -0.3 is 14.7 Å². The standard InChI is InChI=1S/C17H16F2N2O3/c1-24-16-12(3-2-6-20-16)17(23)21-9-11(22)8-15(21)13-7-10(18)4-5-14(13)19/h2-7,11,15,22H,8-9H2,1H3/t11-,15-/m0/s1. The van der Waals surface area contributed by atoms with Gasteiger partial charge in [0, 0.05) is 18.3 Å². The Hall–Kier alpha value is -2.54. The van der Waals surface area contributed by atoms with Gasteiger partial charge in [-0.1, -0.05) is 0 Å². The number of aliphatic hydroxyl groups is 1. The Kier molecular flexibility index (Phi) is 4.44. The van der Waals surface area contributed by atoms with E-state index in [0.717, 1.165) is 18.2 Å². The monoisotopic (exact) mass is 334 g/mol. The second-order valence-corrected chi connectivity index (χ2v) is 5.59. The molecule has 1 aliphatic heterocycles. The van der Waals surface area contributed by atoms with Crippen molar-refractivity contribution in [1.82, 2.24) is 9.88 Å². The maximum Gasteiger partial charge on any atom is 0.259 e. The summed E-state index contributed by atoms with van der Waals surface area (Å²) in [6, 6.07) is 5.45. The van der Waals surface area contributed by atoms with Gasteiger partial charge in [0.05, 0.1) is 19.3 Å². The number of aromatic nitrogens is 1. The van der Waals surface area contributed by atoms with Gasteiger partial charge in [-0.3, -0.25) is 4.79 Å². The van der Waals surface area contributed by atoms with Crippen LogP contribution in [0.25, 0.3) is 0 Å². The average Bonchev–Trinajstić information content (AvgIpc) is 2.98. The maximum absolute atomic E-state index is 14.1. The van der Waals surface area contributed by atoms with Crippen molar-refractivity contribution in [3.05, 3.63) is 59.3 Å². The Labute approximate surface area is 137 Å². The molecule has 7 heteroatoms. The highest BCUT2D eigenvalue weighted by Crippen LogP contribution is 2.35. The van der Waals surface area contributed by atoms with Gasteiger partial charge in [-0.15, -0.1) is 0 Å². The molecule has 1 aliphatic rings. The van der Waals surface area contributed by atoms with Gasteiger partial charge in [0.25, 0.3) is 5.91 Å².